The Morgan fingerprint density at radius 1 is 1.08 bits per heavy atom. The van der Waals surface area contributed by atoms with E-state index in [2.05, 4.69) is 16.7 Å². The molecular formula is C21H24N2O3. The number of nitrogens with one attached hydrogen (secondary N) is 2. The Labute approximate surface area is 154 Å². The molecule has 0 aromatic heterocycles. The zero-order valence-corrected chi connectivity index (χ0v) is 15.0. The predicted molar refractivity (Wildman–Crippen MR) is 102 cm³/mol. The number of carbonyl (C=O) groups excluding carboxylic acids is 1. The third-order valence-electron chi connectivity index (χ3n) is 4.13. The van der Waals surface area contributed by atoms with Crippen molar-refractivity contribution in [1.82, 2.24) is 10.6 Å². The largest absolute Gasteiger partial charge is 0.490 e. The minimum atomic E-state index is -0.145. The molecule has 5 nitrogen and oxygen atoms in total. The SMILES string of the molecule is CCOc1ccccc1Oc1ccccc1C(=O)NCC1=CCNCC1. The number of carbonyl (C=O) groups is 1. The van der Waals surface area contributed by atoms with E-state index in [9.17, 15) is 4.79 Å². The van der Waals surface area contributed by atoms with Gasteiger partial charge in [0.2, 0.25) is 0 Å². The van der Waals surface area contributed by atoms with E-state index in [0.717, 1.165) is 19.5 Å². The standard InChI is InChI=1S/C21H24N2O3/c1-2-25-19-9-5-6-10-20(19)26-18-8-4-3-7-17(18)21(24)23-15-16-11-13-22-14-12-16/h3-11,22H,2,12-15H2,1H3,(H,23,24). The Morgan fingerprint density at radius 3 is 2.54 bits per heavy atom. The van der Waals surface area contributed by atoms with Crippen molar-refractivity contribution in [1.29, 1.82) is 0 Å². The van der Waals surface area contributed by atoms with Crippen molar-refractivity contribution in [2.45, 2.75) is 13.3 Å². The molecule has 0 radical (unpaired) electrons. The van der Waals surface area contributed by atoms with E-state index in [4.69, 9.17) is 9.47 Å². The fraction of sp³-hybridized carbons (Fsp3) is 0.286. The van der Waals surface area contributed by atoms with E-state index >= 15 is 0 Å². The first-order valence-corrected chi connectivity index (χ1v) is 8.93. The van der Waals surface area contributed by atoms with Gasteiger partial charge in [0, 0.05) is 13.1 Å². The molecule has 0 aliphatic carbocycles. The fourth-order valence-electron chi connectivity index (χ4n) is 2.79. The summed E-state index contributed by atoms with van der Waals surface area (Å²) in [6.45, 7) is 4.85. The lowest BCUT2D eigenvalue weighted by Crippen LogP contribution is -2.29. The molecule has 0 fully saturated rings. The summed E-state index contributed by atoms with van der Waals surface area (Å²) >= 11 is 0. The van der Waals surface area contributed by atoms with Gasteiger partial charge in [-0.2, -0.15) is 0 Å². The van der Waals surface area contributed by atoms with E-state index in [1.165, 1.54) is 5.57 Å². The molecule has 3 rings (SSSR count). The highest BCUT2D eigenvalue weighted by Crippen LogP contribution is 2.32. The second kappa shape index (κ2) is 9.06. The average molecular weight is 352 g/mol. The summed E-state index contributed by atoms with van der Waals surface area (Å²) in [4.78, 5) is 12.6. The van der Waals surface area contributed by atoms with Gasteiger partial charge in [-0.05, 0) is 44.2 Å². The molecule has 2 aromatic carbocycles. The fourth-order valence-corrected chi connectivity index (χ4v) is 2.79. The molecule has 5 heteroatoms. The zero-order chi connectivity index (χ0) is 18.2. The molecule has 0 atom stereocenters. The van der Waals surface area contributed by atoms with Crippen LogP contribution >= 0.6 is 0 Å². The minimum Gasteiger partial charge on any atom is -0.490 e. The maximum atomic E-state index is 12.6. The lowest BCUT2D eigenvalue weighted by molar-refractivity contribution is 0.0954. The number of amides is 1. The average Bonchev–Trinajstić information content (AvgIpc) is 2.69. The van der Waals surface area contributed by atoms with Crippen LogP contribution in [-0.2, 0) is 0 Å². The van der Waals surface area contributed by atoms with Crippen molar-refractivity contribution in [2.24, 2.45) is 0 Å². The summed E-state index contributed by atoms with van der Waals surface area (Å²) in [7, 11) is 0. The van der Waals surface area contributed by atoms with Crippen molar-refractivity contribution in [3.05, 3.63) is 65.7 Å². The number of rotatable bonds is 7. The molecule has 0 saturated heterocycles. The Morgan fingerprint density at radius 2 is 1.81 bits per heavy atom. The molecular weight excluding hydrogens is 328 g/mol. The third kappa shape index (κ3) is 4.64. The highest BCUT2D eigenvalue weighted by Gasteiger charge is 2.15. The van der Waals surface area contributed by atoms with Crippen LogP contribution in [0.15, 0.2) is 60.2 Å². The highest BCUT2D eigenvalue weighted by atomic mass is 16.5. The van der Waals surface area contributed by atoms with Gasteiger partial charge in [0.05, 0.1) is 12.2 Å². The summed E-state index contributed by atoms with van der Waals surface area (Å²) in [5.41, 5.74) is 1.76. The van der Waals surface area contributed by atoms with Gasteiger partial charge in [0.15, 0.2) is 11.5 Å². The van der Waals surface area contributed by atoms with Gasteiger partial charge in [-0.3, -0.25) is 4.79 Å². The molecule has 2 aromatic rings. The maximum Gasteiger partial charge on any atom is 0.255 e. The second-order valence-electron chi connectivity index (χ2n) is 5.98. The first-order valence-electron chi connectivity index (χ1n) is 8.93. The van der Waals surface area contributed by atoms with Crippen molar-refractivity contribution in [3.8, 4) is 17.2 Å². The minimum absolute atomic E-state index is 0.145. The maximum absolute atomic E-state index is 12.6. The van der Waals surface area contributed by atoms with Crippen LogP contribution in [0, 0.1) is 0 Å². The number of para-hydroxylation sites is 3. The summed E-state index contributed by atoms with van der Waals surface area (Å²) in [6, 6.07) is 14.7. The van der Waals surface area contributed by atoms with E-state index in [1.54, 1.807) is 12.1 Å². The van der Waals surface area contributed by atoms with E-state index in [-0.39, 0.29) is 5.91 Å². The number of benzene rings is 2. The topological polar surface area (TPSA) is 59.6 Å². The van der Waals surface area contributed by atoms with Gasteiger partial charge in [-0.1, -0.05) is 35.9 Å². The van der Waals surface area contributed by atoms with Crippen LogP contribution in [0.3, 0.4) is 0 Å². The Balaban J connectivity index is 1.73. The van der Waals surface area contributed by atoms with Crippen molar-refractivity contribution in [2.75, 3.05) is 26.2 Å². The van der Waals surface area contributed by atoms with Crippen molar-refractivity contribution < 1.29 is 14.3 Å². The van der Waals surface area contributed by atoms with Gasteiger partial charge in [0.25, 0.3) is 5.91 Å². The summed E-state index contributed by atoms with van der Waals surface area (Å²) < 4.78 is 11.6. The van der Waals surface area contributed by atoms with Gasteiger partial charge in [-0.15, -0.1) is 0 Å². The molecule has 0 unspecified atom stereocenters. The Kier molecular flexibility index (Phi) is 6.28. The lowest BCUT2D eigenvalue weighted by Gasteiger charge is -2.16. The Hall–Kier alpha value is -2.79. The van der Waals surface area contributed by atoms with E-state index in [1.807, 2.05) is 43.3 Å². The molecule has 0 saturated carbocycles. The van der Waals surface area contributed by atoms with E-state index < -0.39 is 0 Å². The van der Waals surface area contributed by atoms with Crippen molar-refractivity contribution in [3.63, 3.8) is 0 Å². The van der Waals surface area contributed by atoms with Crippen LogP contribution in [-0.4, -0.2) is 32.1 Å². The van der Waals surface area contributed by atoms with Gasteiger partial charge >= 0.3 is 0 Å². The monoisotopic (exact) mass is 352 g/mol. The first kappa shape index (κ1) is 18.0. The molecule has 1 aliphatic heterocycles. The number of hydrogen-bond donors (Lipinski definition) is 2. The predicted octanol–water partition coefficient (Wildman–Crippen LogP) is 3.53. The third-order valence-corrected chi connectivity index (χ3v) is 4.13. The summed E-state index contributed by atoms with van der Waals surface area (Å²) in [5, 5.41) is 6.25. The molecule has 2 N–H and O–H groups in total. The number of hydrogen-bond acceptors (Lipinski definition) is 4. The summed E-state index contributed by atoms with van der Waals surface area (Å²) in [5.74, 6) is 1.62. The van der Waals surface area contributed by atoms with Crippen LogP contribution in [0.5, 0.6) is 17.2 Å². The van der Waals surface area contributed by atoms with Crippen LogP contribution in [0.25, 0.3) is 0 Å². The highest BCUT2D eigenvalue weighted by molar-refractivity contribution is 5.97. The van der Waals surface area contributed by atoms with Crippen LogP contribution in [0.2, 0.25) is 0 Å². The van der Waals surface area contributed by atoms with Crippen molar-refractivity contribution >= 4 is 5.91 Å². The van der Waals surface area contributed by atoms with Gasteiger partial charge in [-0.25, -0.2) is 0 Å². The smallest absolute Gasteiger partial charge is 0.255 e. The van der Waals surface area contributed by atoms with Crippen LogP contribution < -0.4 is 20.1 Å². The molecule has 1 amide bonds. The second-order valence-corrected chi connectivity index (χ2v) is 5.98. The molecule has 136 valence electrons. The zero-order valence-electron chi connectivity index (χ0n) is 15.0. The Bertz CT molecular complexity index is 786. The van der Waals surface area contributed by atoms with Gasteiger partial charge < -0.3 is 20.1 Å². The van der Waals surface area contributed by atoms with Crippen LogP contribution in [0.4, 0.5) is 0 Å². The van der Waals surface area contributed by atoms with Crippen LogP contribution in [0.1, 0.15) is 23.7 Å². The van der Waals surface area contributed by atoms with Gasteiger partial charge in [0.1, 0.15) is 5.75 Å². The molecule has 0 spiro atoms. The van der Waals surface area contributed by atoms with E-state index in [0.29, 0.717) is 36.0 Å². The molecule has 1 heterocycles. The molecule has 0 bridgehead atoms. The summed E-state index contributed by atoms with van der Waals surface area (Å²) in [6.07, 6.45) is 3.09. The molecule has 1 aliphatic rings. The lowest BCUT2D eigenvalue weighted by atomic mass is 10.1. The quantitative estimate of drug-likeness (QED) is 0.749. The first-order chi connectivity index (χ1) is 12.8. The normalized spacial score (nSPS) is 13.7. The molecule has 26 heavy (non-hydrogen) atoms. The number of ether oxygens (including phenoxy) is 2.